The zero-order valence-corrected chi connectivity index (χ0v) is 7.65. The molecule has 0 saturated carbocycles. The molecule has 2 rings (SSSR count). The summed E-state index contributed by atoms with van der Waals surface area (Å²) in [6.45, 7) is 0.403. The normalized spacial score (nSPS) is 19.8. The Hall–Kier alpha value is -1.66. The van der Waals surface area contributed by atoms with Crippen LogP contribution in [0.5, 0.6) is 0 Å². The Morgan fingerprint density at radius 3 is 3.07 bits per heavy atom. The molecule has 7 heteroatoms. The summed E-state index contributed by atoms with van der Waals surface area (Å²) in [4.78, 5) is 10.6. The molecule has 1 atom stereocenters. The van der Waals surface area contributed by atoms with Crippen molar-refractivity contribution in [2.24, 2.45) is 0 Å². The third kappa shape index (κ3) is 1.64. The zero-order valence-electron chi connectivity index (χ0n) is 7.65. The Kier molecular flexibility index (Phi) is 2.29. The van der Waals surface area contributed by atoms with E-state index in [9.17, 15) is 13.6 Å². The third-order valence-corrected chi connectivity index (χ3v) is 2.31. The number of halogens is 2. The van der Waals surface area contributed by atoms with Crippen LogP contribution in [0.1, 0.15) is 23.0 Å². The number of carboxylic acid groups (broad SMARTS) is 1. The molecule has 1 aromatic rings. The van der Waals surface area contributed by atoms with Crippen molar-refractivity contribution in [2.45, 2.75) is 18.9 Å². The van der Waals surface area contributed by atoms with Crippen LogP contribution in [0.3, 0.4) is 0 Å². The molecule has 0 radical (unpaired) electrons. The van der Waals surface area contributed by atoms with Gasteiger partial charge in [-0.15, -0.1) is 0 Å². The van der Waals surface area contributed by atoms with Crippen LogP contribution in [0.2, 0.25) is 0 Å². The van der Waals surface area contributed by atoms with E-state index in [0.717, 1.165) is 4.68 Å². The minimum Gasteiger partial charge on any atom is -0.476 e. The van der Waals surface area contributed by atoms with Gasteiger partial charge in [0.1, 0.15) is 11.9 Å². The smallest absolute Gasteiger partial charge is 0.356 e. The standard InChI is InChI=1S/C8H9F2N3O2/c9-7(10)5-1-2-11-6-3-4(8(14)15)12-13(5)6/h3,5,7,11H,1-2H2,(H,14,15). The molecule has 1 aliphatic heterocycles. The van der Waals surface area contributed by atoms with Gasteiger partial charge in [-0.3, -0.25) is 0 Å². The van der Waals surface area contributed by atoms with Gasteiger partial charge < -0.3 is 10.4 Å². The Balaban J connectivity index is 2.38. The molecule has 82 valence electrons. The molecule has 0 aromatic carbocycles. The number of nitrogens with one attached hydrogen (secondary N) is 1. The molecule has 0 aliphatic carbocycles. The summed E-state index contributed by atoms with van der Waals surface area (Å²) < 4.78 is 26.2. The highest BCUT2D eigenvalue weighted by Gasteiger charge is 2.29. The lowest BCUT2D eigenvalue weighted by Gasteiger charge is -2.24. The monoisotopic (exact) mass is 217 g/mol. The van der Waals surface area contributed by atoms with E-state index in [-0.39, 0.29) is 12.1 Å². The number of hydrogen-bond donors (Lipinski definition) is 2. The average molecular weight is 217 g/mol. The van der Waals surface area contributed by atoms with Crippen molar-refractivity contribution in [1.29, 1.82) is 0 Å². The highest BCUT2D eigenvalue weighted by Crippen LogP contribution is 2.28. The maximum atomic E-state index is 12.6. The van der Waals surface area contributed by atoms with E-state index in [1.165, 1.54) is 6.07 Å². The van der Waals surface area contributed by atoms with E-state index >= 15 is 0 Å². The van der Waals surface area contributed by atoms with Gasteiger partial charge in [0.05, 0.1) is 0 Å². The first-order valence-corrected chi connectivity index (χ1v) is 4.44. The number of fused-ring (bicyclic) bond motifs is 1. The molecule has 1 aliphatic rings. The lowest BCUT2D eigenvalue weighted by molar-refractivity contribution is 0.0653. The molecule has 1 unspecified atom stereocenters. The van der Waals surface area contributed by atoms with Crippen LogP contribution >= 0.6 is 0 Å². The lowest BCUT2D eigenvalue weighted by Crippen LogP contribution is -2.28. The van der Waals surface area contributed by atoms with Crippen molar-refractivity contribution < 1.29 is 18.7 Å². The van der Waals surface area contributed by atoms with Crippen molar-refractivity contribution >= 4 is 11.8 Å². The quantitative estimate of drug-likeness (QED) is 0.781. The Morgan fingerprint density at radius 2 is 2.47 bits per heavy atom. The fourth-order valence-corrected chi connectivity index (χ4v) is 1.59. The maximum Gasteiger partial charge on any atom is 0.356 e. The number of carboxylic acids is 1. The van der Waals surface area contributed by atoms with E-state index in [1.54, 1.807) is 0 Å². The SMILES string of the molecule is O=C(O)c1cc2n(n1)C(C(F)F)CCN2. The number of anilines is 1. The van der Waals surface area contributed by atoms with Crippen LogP contribution in [0.4, 0.5) is 14.6 Å². The van der Waals surface area contributed by atoms with E-state index in [2.05, 4.69) is 10.4 Å². The summed E-state index contributed by atoms with van der Waals surface area (Å²) in [6.07, 6.45) is -2.29. The molecule has 0 amide bonds. The van der Waals surface area contributed by atoms with Crippen molar-refractivity contribution in [3.63, 3.8) is 0 Å². The second-order valence-corrected chi connectivity index (χ2v) is 3.28. The van der Waals surface area contributed by atoms with Crippen molar-refractivity contribution in [3.8, 4) is 0 Å². The predicted molar refractivity (Wildman–Crippen MR) is 47.3 cm³/mol. The Bertz CT molecular complexity index is 391. The van der Waals surface area contributed by atoms with Gasteiger partial charge in [0.25, 0.3) is 6.43 Å². The molecule has 15 heavy (non-hydrogen) atoms. The molecule has 0 bridgehead atoms. The number of aromatic carboxylic acids is 1. The van der Waals surface area contributed by atoms with E-state index < -0.39 is 18.4 Å². The first-order valence-electron chi connectivity index (χ1n) is 4.44. The maximum absolute atomic E-state index is 12.6. The fourth-order valence-electron chi connectivity index (χ4n) is 1.59. The lowest BCUT2D eigenvalue weighted by atomic mass is 10.2. The van der Waals surface area contributed by atoms with Gasteiger partial charge in [0.15, 0.2) is 5.69 Å². The molecular formula is C8H9F2N3O2. The molecule has 2 heterocycles. The van der Waals surface area contributed by atoms with Gasteiger partial charge in [-0.05, 0) is 6.42 Å². The van der Waals surface area contributed by atoms with Crippen molar-refractivity contribution in [3.05, 3.63) is 11.8 Å². The first kappa shape index (κ1) is 9.88. The largest absolute Gasteiger partial charge is 0.476 e. The second-order valence-electron chi connectivity index (χ2n) is 3.28. The summed E-state index contributed by atoms with van der Waals surface area (Å²) in [5, 5.41) is 15.1. The van der Waals surface area contributed by atoms with E-state index in [1.807, 2.05) is 0 Å². The summed E-state index contributed by atoms with van der Waals surface area (Å²) in [6, 6.07) is 0.228. The number of nitrogens with zero attached hydrogens (tertiary/aromatic N) is 2. The van der Waals surface area contributed by atoms with E-state index in [4.69, 9.17) is 5.11 Å². The van der Waals surface area contributed by atoms with Crippen LogP contribution in [-0.4, -0.2) is 33.8 Å². The molecule has 2 N–H and O–H groups in total. The predicted octanol–water partition coefficient (Wildman–Crippen LogP) is 1.20. The Labute approximate surface area is 83.7 Å². The second kappa shape index (κ2) is 3.48. The van der Waals surface area contributed by atoms with Crippen LogP contribution in [-0.2, 0) is 0 Å². The summed E-state index contributed by atoms with van der Waals surface area (Å²) in [7, 11) is 0. The molecular weight excluding hydrogens is 208 g/mol. The van der Waals surface area contributed by atoms with Gasteiger partial charge in [0, 0.05) is 12.6 Å². The highest BCUT2D eigenvalue weighted by atomic mass is 19.3. The third-order valence-electron chi connectivity index (χ3n) is 2.31. The highest BCUT2D eigenvalue weighted by molar-refractivity contribution is 5.86. The fraction of sp³-hybridized carbons (Fsp3) is 0.500. The number of aromatic nitrogens is 2. The zero-order chi connectivity index (χ0) is 11.0. The topological polar surface area (TPSA) is 67.1 Å². The van der Waals surface area contributed by atoms with Gasteiger partial charge in [-0.1, -0.05) is 0 Å². The molecule has 0 spiro atoms. The van der Waals surface area contributed by atoms with Gasteiger partial charge >= 0.3 is 5.97 Å². The summed E-state index contributed by atoms with van der Waals surface area (Å²) in [5.74, 6) is -0.879. The number of rotatable bonds is 2. The molecule has 0 fully saturated rings. The average Bonchev–Trinajstić information content (AvgIpc) is 2.60. The van der Waals surface area contributed by atoms with Gasteiger partial charge in [0.2, 0.25) is 0 Å². The van der Waals surface area contributed by atoms with Crippen molar-refractivity contribution in [2.75, 3.05) is 11.9 Å². The van der Waals surface area contributed by atoms with E-state index in [0.29, 0.717) is 12.4 Å². The van der Waals surface area contributed by atoms with Crippen LogP contribution in [0.15, 0.2) is 6.07 Å². The number of hydrogen-bond acceptors (Lipinski definition) is 3. The van der Waals surface area contributed by atoms with Gasteiger partial charge in [-0.2, -0.15) is 5.10 Å². The number of carbonyl (C=O) groups is 1. The van der Waals surface area contributed by atoms with Crippen LogP contribution in [0.25, 0.3) is 0 Å². The molecule has 1 aromatic heterocycles. The van der Waals surface area contributed by atoms with Crippen molar-refractivity contribution in [1.82, 2.24) is 9.78 Å². The Morgan fingerprint density at radius 1 is 1.73 bits per heavy atom. The summed E-state index contributed by atoms with van der Waals surface area (Å²) in [5.41, 5.74) is -0.218. The van der Waals surface area contributed by atoms with Gasteiger partial charge in [-0.25, -0.2) is 18.3 Å². The molecule has 5 nitrogen and oxygen atoms in total. The minimum atomic E-state index is -2.53. The minimum absolute atomic E-state index is 0.218. The molecule has 0 saturated heterocycles. The van der Waals surface area contributed by atoms with Crippen LogP contribution in [0, 0.1) is 0 Å². The van der Waals surface area contributed by atoms with Crippen LogP contribution < -0.4 is 5.32 Å². The first-order chi connectivity index (χ1) is 7.09. The number of alkyl halides is 2. The summed E-state index contributed by atoms with van der Waals surface area (Å²) >= 11 is 0.